The lowest BCUT2D eigenvalue weighted by molar-refractivity contribution is -0.115. The smallest absolute Gasteiger partial charge is 0.271 e. The van der Waals surface area contributed by atoms with Gasteiger partial charge in [0.15, 0.2) is 11.6 Å². The summed E-state index contributed by atoms with van der Waals surface area (Å²) in [4.78, 5) is 24.4. The van der Waals surface area contributed by atoms with Crippen LogP contribution in [0.1, 0.15) is 21.5 Å². The van der Waals surface area contributed by atoms with Crippen molar-refractivity contribution in [3.05, 3.63) is 87.9 Å². The molecule has 7 nitrogen and oxygen atoms in total. The number of carbonyl (C=O) groups is 2. The first-order chi connectivity index (χ1) is 15.8. The van der Waals surface area contributed by atoms with E-state index < -0.39 is 23.4 Å². The molecule has 0 unspecified atom stereocenters. The SMILES string of the molecule is COc1cc(NC(=O)Cc2ccc(F)c(F)c2)ccc1/C=N/NC(=O)c1ccc(O)c(Cl)c1. The first kappa shape index (κ1) is 23.7. The summed E-state index contributed by atoms with van der Waals surface area (Å²) in [6.45, 7) is 0. The van der Waals surface area contributed by atoms with Crippen molar-refractivity contribution in [3.8, 4) is 11.5 Å². The minimum Gasteiger partial charge on any atom is -0.506 e. The molecular weight excluding hydrogens is 456 g/mol. The maximum atomic E-state index is 13.3. The minimum absolute atomic E-state index is 0.0375. The molecule has 0 fully saturated rings. The van der Waals surface area contributed by atoms with Gasteiger partial charge in [-0.2, -0.15) is 5.10 Å². The molecule has 0 aliphatic carbocycles. The minimum atomic E-state index is -1.02. The number of anilines is 1. The van der Waals surface area contributed by atoms with E-state index in [4.69, 9.17) is 16.3 Å². The summed E-state index contributed by atoms with van der Waals surface area (Å²) >= 11 is 5.79. The Morgan fingerprint density at radius 1 is 1.09 bits per heavy atom. The van der Waals surface area contributed by atoms with Crippen LogP contribution in [-0.2, 0) is 11.2 Å². The second kappa shape index (κ2) is 10.6. The number of halogens is 3. The average Bonchev–Trinajstić information content (AvgIpc) is 2.78. The van der Waals surface area contributed by atoms with Gasteiger partial charge in [-0.15, -0.1) is 0 Å². The first-order valence-electron chi connectivity index (χ1n) is 9.50. The average molecular weight is 474 g/mol. The van der Waals surface area contributed by atoms with Crippen molar-refractivity contribution in [1.82, 2.24) is 5.43 Å². The third-order valence-electron chi connectivity index (χ3n) is 4.45. The summed E-state index contributed by atoms with van der Waals surface area (Å²) < 4.78 is 31.6. The zero-order valence-corrected chi connectivity index (χ0v) is 18.0. The maximum absolute atomic E-state index is 13.3. The summed E-state index contributed by atoms with van der Waals surface area (Å²) in [6.07, 6.45) is 1.21. The van der Waals surface area contributed by atoms with Crippen molar-refractivity contribution in [1.29, 1.82) is 0 Å². The van der Waals surface area contributed by atoms with E-state index in [1.165, 1.54) is 37.6 Å². The standard InChI is InChI=1S/C23H18ClF2N3O4/c1-33-21-11-16(28-22(31)9-13-2-6-18(25)19(26)8-13)5-3-15(21)12-27-29-23(32)14-4-7-20(30)17(24)10-14/h2-8,10-12,30H,9H2,1H3,(H,28,31)(H,29,32)/b27-12+. The number of methoxy groups -OCH3 is 1. The molecule has 0 radical (unpaired) electrons. The Bertz CT molecular complexity index is 1230. The fourth-order valence-electron chi connectivity index (χ4n) is 2.81. The number of ether oxygens (including phenoxy) is 1. The molecule has 0 atom stereocenters. The van der Waals surface area contributed by atoms with E-state index in [1.807, 2.05) is 0 Å². The van der Waals surface area contributed by atoms with Crippen LogP contribution in [0, 0.1) is 11.6 Å². The highest BCUT2D eigenvalue weighted by molar-refractivity contribution is 6.32. The number of phenols is 1. The van der Waals surface area contributed by atoms with Gasteiger partial charge in [-0.1, -0.05) is 17.7 Å². The molecule has 0 spiro atoms. The van der Waals surface area contributed by atoms with Crippen LogP contribution in [0.2, 0.25) is 5.02 Å². The molecular formula is C23H18ClF2N3O4. The molecule has 3 aromatic rings. The highest BCUT2D eigenvalue weighted by atomic mass is 35.5. The summed E-state index contributed by atoms with van der Waals surface area (Å²) in [5, 5.41) is 16.0. The molecule has 170 valence electrons. The largest absolute Gasteiger partial charge is 0.506 e. The second-order valence-corrected chi connectivity index (χ2v) is 7.20. The lowest BCUT2D eigenvalue weighted by atomic mass is 10.1. The highest BCUT2D eigenvalue weighted by Crippen LogP contribution is 2.24. The molecule has 3 aromatic carbocycles. The highest BCUT2D eigenvalue weighted by Gasteiger charge is 2.10. The maximum Gasteiger partial charge on any atom is 0.271 e. The summed E-state index contributed by atoms with van der Waals surface area (Å²) in [6, 6.07) is 12.0. The van der Waals surface area contributed by atoms with E-state index in [0.717, 1.165) is 12.1 Å². The van der Waals surface area contributed by atoms with E-state index in [1.54, 1.807) is 18.2 Å². The number of phenolic OH excluding ortho intramolecular Hbond substituents is 1. The third kappa shape index (κ3) is 6.27. The van der Waals surface area contributed by atoms with Crippen LogP contribution in [0.4, 0.5) is 14.5 Å². The van der Waals surface area contributed by atoms with Crippen LogP contribution in [0.5, 0.6) is 11.5 Å². The molecule has 0 heterocycles. The molecule has 33 heavy (non-hydrogen) atoms. The number of rotatable bonds is 7. The fraction of sp³-hybridized carbons (Fsp3) is 0.0870. The number of aromatic hydroxyl groups is 1. The summed E-state index contributed by atoms with van der Waals surface area (Å²) in [5.41, 5.74) is 3.80. The van der Waals surface area contributed by atoms with Gasteiger partial charge < -0.3 is 15.2 Å². The van der Waals surface area contributed by atoms with Gasteiger partial charge in [-0.25, -0.2) is 14.2 Å². The quantitative estimate of drug-likeness (QED) is 0.352. The number of nitrogens with zero attached hydrogens (tertiary/aromatic N) is 1. The summed E-state index contributed by atoms with van der Waals surface area (Å²) in [5.74, 6) is -2.74. The molecule has 3 rings (SSSR count). The van der Waals surface area contributed by atoms with Crippen LogP contribution in [0.3, 0.4) is 0 Å². The third-order valence-corrected chi connectivity index (χ3v) is 4.75. The first-order valence-corrected chi connectivity index (χ1v) is 9.88. The number of carbonyl (C=O) groups excluding carboxylic acids is 2. The van der Waals surface area contributed by atoms with Gasteiger partial charge in [0.2, 0.25) is 5.91 Å². The molecule has 0 saturated carbocycles. The summed E-state index contributed by atoms with van der Waals surface area (Å²) in [7, 11) is 1.43. The normalized spacial score (nSPS) is 10.8. The van der Waals surface area contributed by atoms with Crippen LogP contribution >= 0.6 is 11.6 Å². The lowest BCUT2D eigenvalue weighted by Crippen LogP contribution is -2.17. The monoisotopic (exact) mass is 473 g/mol. The Balaban J connectivity index is 1.63. The second-order valence-electron chi connectivity index (χ2n) is 6.80. The van der Waals surface area contributed by atoms with Crippen molar-refractivity contribution in [2.45, 2.75) is 6.42 Å². The van der Waals surface area contributed by atoms with Gasteiger partial charge in [0, 0.05) is 22.9 Å². The lowest BCUT2D eigenvalue weighted by Gasteiger charge is -2.10. The number of hydrogen-bond acceptors (Lipinski definition) is 5. The number of nitrogens with one attached hydrogen (secondary N) is 2. The fourth-order valence-corrected chi connectivity index (χ4v) is 2.99. The van der Waals surface area contributed by atoms with Crippen molar-refractivity contribution < 1.29 is 28.2 Å². The van der Waals surface area contributed by atoms with Crippen LogP contribution in [-0.4, -0.2) is 30.2 Å². The molecule has 0 aliphatic heterocycles. The number of amides is 2. The van der Waals surface area contributed by atoms with Crippen LogP contribution < -0.4 is 15.5 Å². The molecule has 0 aromatic heterocycles. The predicted molar refractivity (Wildman–Crippen MR) is 120 cm³/mol. The van der Waals surface area contributed by atoms with Gasteiger partial charge in [0.05, 0.1) is 24.8 Å². The Hall–Kier alpha value is -3.98. The van der Waals surface area contributed by atoms with E-state index in [2.05, 4.69) is 15.8 Å². The van der Waals surface area contributed by atoms with Crippen LogP contribution in [0.25, 0.3) is 0 Å². The van der Waals surface area contributed by atoms with E-state index in [0.29, 0.717) is 22.6 Å². The van der Waals surface area contributed by atoms with Gasteiger partial charge in [-0.3, -0.25) is 9.59 Å². The zero-order chi connectivity index (χ0) is 24.0. The Morgan fingerprint density at radius 2 is 1.88 bits per heavy atom. The molecule has 10 heteroatoms. The molecule has 0 saturated heterocycles. The Morgan fingerprint density at radius 3 is 2.58 bits per heavy atom. The Kier molecular flexibility index (Phi) is 7.57. The van der Waals surface area contributed by atoms with E-state index in [-0.39, 0.29) is 22.8 Å². The topological polar surface area (TPSA) is 100 Å². The number of benzene rings is 3. The van der Waals surface area contributed by atoms with Crippen molar-refractivity contribution in [2.75, 3.05) is 12.4 Å². The van der Waals surface area contributed by atoms with Gasteiger partial charge in [0.25, 0.3) is 5.91 Å². The van der Waals surface area contributed by atoms with Crippen molar-refractivity contribution >= 4 is 35.3 Å². The van der Waals surface area contributed by atoms with E-state index in [9.17, 15) is 23.5 Å². The van der Waals surface area contributed by atoms with Gasteiger partial charge in [0.1, 0.15) is 11.5 Å². The molecule has 2 amide bonds. The van der Waals surface area contributed by atoms with E-state index >= 15 is 0 Å². The zero-order valence-electron chi connectivity index (χ0n) is 17.2. The molecule has 0 bridgehead atoms. The molecule has 0 aliphatic rings. The van der Waals surface area contributed by atoms with Crippen molar-refractivity contribution in [2.24, 2.45) is 5.10 Å². The van der Waals surface area contributed by atoms with Gasteiger partial charge >= 0.3 is 0 Å². The van der Waals surface area contributed by atoms with Crippen LogP contribution in [0.15, 0.2) is 59.7 Å². The predicted octanol–water partition coefficient (Wildman–Crippen LogP) is 4.28. The Labute approximate surface area is 192 Å². The number of hydrogen-bond donors (Lipinski definition) is 3. The molecule has 3 N–H and O–H groups in total. The van der Waals surface area contributed by atoms with Gasteiger partial charge in [-0.05, 0) is 48.0 Å². The van der Waals surface area contributed by atoms with Crippen molar-refractivity contribution in [3.63, 3.8) is 0 Å². The number of hydrazone groups is 1.